The number of aryl methyl sites for hydroxylation is 1. The Kier molecular flexibility index (Phi) is 7.94. The number of amides is 1. The number of nitrogens with zero attached hydrogens (tertiary/aromatic N) is 2. The number of sulfonamides is 1. The highest BCUT2D eigenvalue weighted by molar-refractivity contribution is 7.99. The maximum atomic E-state index is 12.9. The summed E-state index contributed by atoms with van der Waals surface area (Å²) in [6.07, 6.45) is 0. The molecule has 8 nitrogen and oxygen atoms in total. The van der Waals surface area contributed by atoms with Crippen LogP contribution in [0.3, 0.4) is 0 Å². The zero-order valence-corrected chi connectivity index (χ0v) is 22.5. The van der Waals surface area contributed by atoms with E-state index in [1.165, 1.54) is 27.8 Å². The Morgan fingerprint density at radius 1 is 1.08 bits per heavy atom. The molecular formula is C25H26N4O4S3. The summed E-state index contributed by atoms with van der Waals surface area (Å²) in [6, 6.07) is 15.8. The van der Waals surface area contributed by atoms with E-state index < -0.39 is 10.0 Å². The second-order valence-corrected chi connectivity index (χ2v) is 12.0. The van der Waals surface area contributed by atoms with Crippen LogP contribution < -0.4 is 10.9 Å². The van der Waals surface area contributed by atoms with E-state index in [2.05, 4.69) is 15.3 Å². The molecule has 0 atom stereocenters. The van der Waals surface area contributed by atoms with Crippen molar-refractivity contribution in [2.75, 3.05) is 24.2 Å². The van der Waals surface area contributed by atoms with Crippen LogP contribution in [0, 0.1) is 6.92 Å². The molecule has 36 heavy (non-hydrogen) atoms. The van der Waals surface area contributed by atoms with Gasteiger partial charge in [-0.05, 0) is 36.8 Å². The predicted octanol–water partition coefficient (Wildman–Crippen LogP) is 4.72. The lowest BCUT2D eigenvalue weighted by Crippen LogP contribution is -2.30. The van der Waals surface area contributed by atoms with Crippen molar-refractivity contribution in [2.45, 2.75) is 30.8 Å². The monoisotopic (exact) mass is 542 g/mol. The number of thiophene rings is 1. The van der Waals surface area contributed by atoms with E-state index in [0.29, 0.717) is 34.1 Å². The van der Waals surface area contributed by atoms with Crippen molar-refractivity contribution in [2.24, 2.45) is 0 Å². The van der Waals surface area contributed by atoms with Gasteiger partial charge in [0.25, 0.3) is 5.56 Å². The highest BCUT2D eigenvalue weighted by Gasteiger charge is 2.21. The Hall–Kier alpha value is -2.99. The Balaban J connectivity index is 1.45. The molecule has 2 aromatic heterocycles. The highest BCUT2D eigenvalue weighted by atomic mass is 32.2. The summed E-state index contributed by atoms with van der Waals surface area (Å²) in [5.74, 6) is -0.265. The standard InChI is InChI=1S/C25H26N4O4S3/c1-4-29(5-2)36(32,33)19-13-11-18(12-14-19)26-20(30)15-34-25-27-23(31)22-21(16(3)35-24(22)28-25)17-9-7-6-8-10-17/h6-14H,4-5,15H2,1-3H3,(H,26,30)(H,27,28,31). The Labute approximate surface area is 217 Å². The van der Waals surface area contributed by atoms with Crippen molar-refractivity contribution in [3.05, 3.63) is 69.8 Å². The van der Waals surface area contributed by atoms with Crippen LogP contribution in [0.2, 0.25) is 0 Å². The SMILES string of the molecule is CCN(CC)S(=O)(=O)c1ccc(NC(=O)CSc2nc3sc(C)c(-c4ccccc4)c3c(=O)[nH]2)cc1. The molecule has 2 N–H and O–H groups in total. The summed E-state index contributed by atoms with van der Waals surface area (Å²) in [5, 5.41) is 3.67. The third-order valence-corrected chi connectivity index (χ3v) is 9.54. The maximum absolute atomic E-state index is 12.9. The summed E-state index contributed by atoms with van der Waals surface area (Å²) in [6.45, 7) is 6.31. The summed E-state index contributed by atoms with van der Waals surface area (Å²) >= 11 is 2.58. The minimum atomic E-state index is -3.56. The lowest BCUT2D eigenvalue weighted by molar-refractivity contribution is -0.113. The molecule has 0 bridgehead atoms. The normalized spacial score (nSPS) is 11.8. The molecule has 0 spiro atoms. The topological polar surface area (TPSA) is 112 Å². The van der Waals surface area contributed by atoms with Crippen LogP contribution >= 0.6 is 23.1 Å². The molecule has 2 heterocycles. The summed E-state index contributed by atoms with van der Waals surface area (Å²) < 4.78 is 26.6. The average Bonchev–Trinajstić information content (AvgIpc) is 3.20. The second-order valence-electron chi connectivity index (χ2n) is 7.90. The largest absolute Gasteiger partial charge is 0.325 e. The molecule has 0 unspecified atom stereocenters. The van der Waals surface area contributed by atoms with Crippen LogP contribution in [0.25, 0.3) is 21.3 Å². The molecule has 0 aliphatic heterocycles. The van der Waals surface area contributed by atoms with E-state index in [-0.39, 0.29) is 22.1 Å². The van der Waals surface area contributed by atoms with E-state index in [9.17, 15) is 18.0 Å². The van der Waals surface area contributed by atoms with Crippen molar-refractivity contribution in [1.82, 2.24) is 14.3 Å². The van der Waals surface area contributed by atoms with Gasteiger partial charge in [0.2, 0.25) is 15.9 Å². The van der Waals surface area contributed by atoms with Gasteiger partial charge < -0.3 is 10.3 Å². The number of fused-ring (bicyclic) bond motifs is 1. The number of benzene rings is 2. The quantitative estimate of drug-likeness (QED) is 0.234. The number of H-pyrrole nitrogens is 1. The first-order chi connectivity index (χ1) is 17.2. The number of nitrogens with one attached hydrogen (secondary N) is 2. The molecule has 4 aromatic rings. The molecule has 4 rings (SSSR count). The fourth-order valence-electron chi connectivity index (χ4n) is 3.87. The fraction of sp³-hybridized carbons (Fsp3) is 0.240. The fourth-order valence-corrected chi connectivity index (χ4v) is 7.10. The average molecular weight is 543 g/mol. The summed E-state index contributed by atoms with van der Waals surface area (Å²) in [4.78, 5) is 34.5. The molecule has 0 saturated carbocycles. The second kappa shape index (κ2) is 11.0. The first-order valence-corrected chi connectivity index (χ1v) is 14.6. The molecule has 0 fully saturated rings. The van der Waals surface area contributed by atoms with Crippen LogP contribution in [0.5, 0.6) is 0 Å². The van der Waals surface area contributed by atoms with Gasteiger partial charge in [-0.1, -0.05) is 55.9 Å². The Morgan fingerprint density at radius 2 is 1.75 bits per heavy atom. The summed E-state index contributed by atoms with van der Waals surface area (Å²) in [5.41, 5.74) is 2.09. The number of anilines is 1. The zero-order valence-electron chi connectivity index (χ0n) is 20.1. The lowest BCUT2D eigenvalue weighted by Gasteiger charge is -2.18. The van der Waals surface area contributed by atoms with Gasteiger partial charge in [0.15, 0.2) is 5.16 Å². The van der Waals surface area contributed by atoms with E-state index in [4.69, 9.17) is 0 Å². The van der Waals surface area contributed by atoms with E-state index >= 15 is 0 Å². The van der Waals surface area contributed by atoms with Gasteiger partial charge in [-0.15, -0.1) is 11.3 Å². The van der Waals surface area contributed by atoms with Crippen molar-refractivity contribution >= 4 is 54.9 Å². The van der Waals surface area contributed by atoms with Gasteiger partial charge in [0.1, 0.15) is 4.83 Å². The van der Waals surface area contributed by atoms with Gasteiger partial charge in [-0.25, -0.2) is 13.4 Å². The minimum Gasteiger partial charge on any atom is -0.325 e. The smallest absolute Gasteiger partial charge is 0.260 e. The highest BCUT2D eigenvalue weighted by Crippen LogP contribution is 2.35. The lowest BCUT2D eigenvalue weighted by atomic mass is 10.0. The van der Waals surface area contributed by atoms with Gasteiger partial charge in [0, 0.05) is 29.2 Å². The molecule has 0 radical (unpaired) electrons. The predicted molar refractivity (Wildman–Crippen MR) is 146 cm³/mol. The number of aromatic amines is 1. The number of rotatable bonds is 9. The molecule has 0 aliphatic carbocycles. The Morgan fingerprint density at radius 3 is 2.39 bits per heavy atom. The number of hydrogen-bond donors (Lipinski definition) is 2. The number of thioether (sulfide) groups is 1. The molecule has 0 aliphatic rings. The molecule has 188 valence electrons. The Bertz CT molecular complexity index is 1540. The third-order valence-electron chi connectivity index (χ3n) is 5.60. The molecular weight excluding hydrogens is 517 g/mol. The van der Waals surface area contributed by atoms with Gasteiger partial charge >= 0.3 is 0 Å². The third kappa shape index (κ3) is 5.39. The first kappa shape index (κ1) is 26.1. The molecule has 2 aromatic carbocycles. The number of carbonyl (C=O) groups is 1. The van der Waals surface area contributed by atoms with Gasteiger partial charge in [-0.3, -0.25) is 9.59 Å². The maximum Gasteiger partial charge on any atom is 0.260 e. The zero-order chi connectivity index (χ0) is 25.9. The van der Waals surface area contributed by atoms with Crippen LogP contribution in [0.4, 0.5) is 5.69 Å². The number of hydrogen-bond acceptors (Lipinski definition) is 7. The van der Waals surface area contributed by atoms with Gasteiger partial charge in [0.05, 0.1) is 16.0 Å². The van der Waals surface area contributed by atoms with Crippen LogP contribution in [0.1, 0.15) is 18.7 Å². The number of aromatic nitrogens is 2. The first-order valence-electron chi connectivity index (χ1n) is 11.4. The summed E-state index contributed by atoms with van der Waals surface area (Å²) in [7, 11) is -3.56. The van der Waals surface area contributed by atoms with Crippen molar-refractivity contribution in [3.63, 3.8) is 0 Å². The van der Waals surface area contributed by atoms with Gasteiger partial charge in [-0.2, -0.15) is 4.31 Å². The van der Waals surface area contributed by atoms with Crippen molar-refractivity contribution < 1.29 is 13.2 Å². The minimum absolute atomic E-state index is 0.0316. The molecule has 1 amide bonds. The molecule has 11 heteroatoms. The van der Waals surface area contributed by atoms with Crippen LogP contribution in [0.15, 0.2) is 69.4 Å². The van der Waals surface area contributed by atoms with Crippen molar-refractivity contribution in [1.29, 1.82) is 0 Å². The molecule has 0 saturated heterocycles. The van der Waals surface area contributed by atoms with E-state index in [1.54, 1.807) is 26.0 Å². The van der Waals surface area contributed by atoms with Crippen LogP contribution in [-0.4, -0.2) is 47.4 Å². The van der Waals surface area contributed by atoms with Crippen LogP contribution in [-0.2, 0) is 14.8 Å². The number of carbonyl (C=O) groups excluding carboxylic acids is 1. The van der Waals surface area contributed by atoms with E-state index in [1.807, 2.05) is 37.3 Å². The van der Waals surface area contributed by atoms with Crippen molar-refractivity contribution in [3.8, 4) is 11.1 Å². The van der Waals surface area contributed by atoms with E-state index in [0.717, 1.165) is 27.8 Å².